The molecule has 0 aromatic carbocycles. The van der Waals surface area contributed by atoms with Crippen LogP contribution < -0.4 is 11.1 Å². The van der Waals surface area contributed by atoms with Crippen LogP contribution in [-0.4, -0.2) is 79.4 Å². The third kappa shape index (κ3) is 1.80. The summed E-state index contributed by atoms with van der Waals surface area (Å²) in [5.41, 5.74) is 6.28. The zero-order valence-electron chi connectivity index (χ0n) is 10.9. The lowest BCUT2D eigenvalue weighted by molar-refractivity contribution is -0.0834. The standard InChI is InChI=1S/C13H24N4O/c14-10-6-15-2-1-11(10)17-4-3-16(9-7-18-8-9)12-5-13(12)17/h9-13,15H,1-8,14H2. The number of hydrogen-bond acceptors (Lipinski definition) is 5. The van der Waals surface area contributed by atoms with Crippen molar-refractivity contribution in [3.63, 3.8) is 0 Å². The van der Waals surface area contributed by atoms with Crippen molar-refractivity contribution in [2.75, 3.05) is 39.4 Å². The molecule has 3 aliphatic heterocycles. The van der Waals surface area contributed by atoms with Crippen LogP contribution >= 0.6 is 0 Å². The van der Waals surface area contributed by atoms with Crippen LogP contribution in [0.2, 0.25) is 0 Å². The van der Waals surface area contributed by atoms with Gasteiger partial charge in [0.1, 0.15) is 0 Å². The van der Waals surface area contributed by atoms with Crippen molar-refractivity contribution in [1.82, 2.24) is 15.1 Å². The molecule has 18 heavy (non-hydrogen) atoms. The van der Waals surface area contributed by atoms with E-state index in [1.54, 1.807) is 0 Å². The Morgan fingerprint density at radius 2 is 1.83 bits per heavy atom. The quantitative estimate of drug-likeness (QED) is 0.649. The maximum Gasteiger partial charge on any atom is 0.0645 e. The molecule has 4 fully saturated rings. The van der Waals surface area contributed by atoms with Crippen LogP contribution in [0.3, 0.4) is 0 Å². The fourth-order valence-corrected chi connectivity index (χ4v) is 4.00. The zero-order valence-corrected chi connectivity index (χ0v) is 10.9. The van der Waals surface area contributed by atoms with Crippen LogP contribution in [0.25, 0.3) is 0 Å². The lowest BCUT2D eigenvalue weighted by Crippen LogP contribution is -2.63. The highest BCUT2D eigenvalue weighted by Gasteiger charge is 2.53. The topological polar surface area (TPSA) is 53.8 Å². The van der Waals surface area contributed by atoms with Crippen LogP contribution in [0.5, 0.6) is 0 Å². The molecular weight excluding hydrogens is 228 g/mol. The van der Waals surface area contributed by atoms with Crippen molar-refractivity contribution >= 4 is 0 Å². The molecule has 0 aromatic heterocycles. The van der Waals surface area contributed by atoms with Gasteiger partial charge in [0.05, 0.1) is 19.3 Å². The minimum absolute atomic E-state index is 0.318. The van der Waals surface area contributed by atoms with Crippen molar-refractivity contribution in [2.24, 2.45) is 5.73 Å². The SMILES string of the molecule is NC1CNCCC1N1CCN(C2COC2)C2CC21. The molecule has 0 amide bonds. The largest absolute Gasteiger partial charge is 0.378 e. The number of fused-ring (bicyclic) bond motifs is 1. The average molecular weight is 252 g/mol. The van der Waals surface area contributed by atoms with Gasteiger partial charge in [-0.05, 0) is 19.4 Å². The van der Waals surface area contributed by atoms with Crippen LogP contribution in [0.15, 0.2) is 0 Å². The van der Waals surface area contributed by atoms with Gasteiger partial charge in [0.2, 0.25) is 0 Å². The highest BCUT2D eigenvalue weighted by atomic mass is 16.5. The summed E-state index contributed by atoms with van der Waals surface area (Å²) in [5.74, 6) is 0. The van der Waals surface area contributed by atoms with E-state index >= 15 is 0 Å². The minimum Gasteiger partial charge on any atom is -0.378 e. The Hall–Kier alpha value is -0.200. The molecule has 3 saturated heterocycles. The highest BCUT2D eigenvalue weighted by molar-refractivity contribution is 5.10. The molecule has 0 bridgehead atoms. The molecule has 4 rings (SSSR count). The number of nitrogens with one attached hydrogen (secondary N) is 1. The molecule has 3 N–H and O–H groups in total. The second-order valence-corrected chi connectivity index (χ2v) is 6.26. The molecule has 102 valence electrons. The molecule has 5 nitrogen and oxygen atoms in total. The Bertz CT molecular complexity index is 322. The summed E-state index contributed by atoms with van der Waals surface area (Å²) in [4.78, 5) is 5.41. The fraction of sp³-hybridized carbons (Fsp3) is 1.00. The van der Waals surface area contributed by atoms with Crippen molar-refractivity contribution in [3.8, 4) is 0 Å². The van der Waals surface area contributed by atoms with E-state index in [1.807, 2.05) is 0 Å². The lowest BCUT2D eigenvalue weighted by atomic mass is 9.98. The van der Waals surface area contributed by atoms with Gasteiger partial charge in [0.25, 0.3) is 0 Å². The van der Waals surface area contributed by atoms with Gasteiger partial charge >= 0.3 is 0 Å². The van der Waals surface area contributed by atoms with E-state index in [4.69, 9.17) is 10.5 Å². The number of piperidine rings is 1. The first-order valence-corrected chi connectivity index (χ1v) is 7.40. The van der Waals surface area contributed by atoms with Gasteiger partial charge in [-0.2, -0.15) is 0 Å². The molecule has 1 aliphatic carbocycles. The molecule has 5 heteroatoms. The van der Waals surface area contributed by atoms with Gasteiger partial charge < -0.3 is 15.8 Å². The maximum atomic E-state index is 6.28. The fourth-order valence-electron chi connectivity index (χ4n) is 4.00. The van der Waals surface area contributed by atoms with Gasteiger partial charge in [-0.25, -0.2) is 0 Å². The summed E-state index contributed by atoms with van der Waals surface area (Å²) < 4.78 is 5.33. The van der Waals surface area contributed by atoms with E-state index in [2.05, 4.69) is 15.1 Å². The van der Waals surface area contributed by atoms with Crippen LogP contribution in [-0.2, 0) is 4.74 Å². The smallest absolute Gasteiger partial charge is 0.0645 e. The Morgan fingerprint density at radius 3 is 2.56 bits per heavy atom. The van der Waals surface area contributed by atoms with Crippen molar-refractivity contribution in [2.45, 2.75) is 43.1 Å². The average Bonchev–Trinajstić information content (AvgIpc) is 3.08. The van der Waals surface area contributed by atoms with Crippen LogP contribution in [0.4, 0.5) is 0 Å². The molecule has 1 saturated carbocycles. The van der Waals surface area contributed by atoms with Gasteiger partial charge in [-0.15, -0.1) is 0 Å². The number of rotatable bonds is 2. The number of ether oxygens (including phenoxy) is 1. The Balaban J connectivity index is 1.41. The van der Waals surface area contributed by atoms with E-state index in [-0.39, 0.29) is 0 Å². The zero-order chi connectivity index (χ0) is 12.1. The molecule has 4 unspecified atom stereocenters. The molecule has 0 radical (unpaired) electrons. The first-order chi connectivity index (χ1) is 8.84. The second kappa shape index (κ2) is 4.42. The Labute approximate surface area is 109 Å². The molecular formula is C13H24N4O. The molecule has 4 atom stereocenters. The van der Waals surface area contributed by atoms with Crippen molar-refractivity contribution < 1.29 is 4.74 Å². The predicted molar refractivity (Wildman–Crippen MR) is 69.5 cm³/mol. The predicted octanol–water partition coefficient (Wildman–Crippen LogP) is -1.17. The summed E-state index contributed by atoms with van der Waals surface area (Å²) in [6, 6.07) is 3.23. The van der Waals surface area contributed by atoms with Crippen LogP contribution in [0.1, 0.15) is 12.8 Å². The molecule has 0 spiro atoms. The van der Waals surface area contributed by atoms with E-state index in [0.29, 0.717) is 18.1 Å². The summed E-state index contributed by atoms with van der Waals surface area (Å²) >= 11 is 0. The van der Waals surface area contributed by atoms with Gasteiger partial charge in [0.15, 0.2) is 0 Å². The lowest BCUT2D eigenvalue weighted by Gasteiger charge is -2.46. The summed E-state index contributed by atoms with van der Waals surface area (Å²) in [5, 5.41) is 3.40. The molecule has 0 aromatic rings. The monoisotopic (exact) mass is 252 g/mol. The van der Waals surface area contributed by atoms with Crippen molar-refractivity contribution in [3.05, 3.63) is 0 Å². The van der Waals surface area contributed by atoms with Gasteiger partial charge in [0, 0.05) is 43.8 Å². The van der Waals surface area contributed by atoms with Crippen LogP contribution in [0, 0.1) is 0 Å². The summed E-state index contributed by atoms with van der Waals surface area (Å²) in [7, 11) is 0. The van der Waals surface area contributed by atoms with Gasteiger partial charge in [-0.3, -0.25) is 9.80 Å². The minimum atomic E-state index is 0.318. The third-order valence-electron chi connectivity index (χ3n) is 5.20. The number of piperazine rings is 1. The maximum absolute atomic E-state index is 6.28. The molecule has 4 aliphatic rings. The van der Waals surface area contributed by atoms with E-state index < -0.39 is 0 Å². The van der Waals surface area contributed by atoms with E-state index in [9.17, 15) is 0 Å². The molecule has 3 heterocycles. The first-order valence-electron chi connectivity index (χ1n) is 7.40. The number of hydrogen-bond donors (Lipinski definition) is 2. The number of nitrogens with two attached hydrogens (primary N) is 1. The second-order valence-electron chi connectivity index (χ2n) is 6.26. The number of nitrogens with zero attached hydrogens (tertiary/aromatic N) is 2. The van der Waals surface area contributed by atoms with E-state index in [1.165, 1.54) is 25.9 Å². The Kier molecular flexibility index (Phi) is 2.85. The Morgan fingerprint density at radius 1 is 1.06 bits per heavy atom. The highest BCUT2D eigenvalue weighted by Crippen LogP contribution is 2.40. The first kappa shape index (κ1) is 11.6. The summed E-state index contributed by atoms with van der Waals surface area (Å²) in [6.45, 7) is 6.44. The van der Waals surface area contributed by atoms with Crippen molar-refractivity contribution in [1.29, 1.82) is 0 Å². The normalized spacial score (nSPS) is 46.5. The van der Waals surface area contributed by atoms with Gasteiger partial charge in [-0.1, -0.05) is 0 Å². The third-order valence-corrected chi connectivity index (χ3v) is 5.20. The summed E-state index contributed by atoms with van der Waals surface area (Å²) in [6.07, 6.45) is 2.57. The van der Waals surface area contributed by atoms with E-state index in [0.717, 1.165) is 38.4 Å².